The Morgan fingerprint density at radius 1 is 1.22 bits per heavy atom. The second-order valence-corrected chi connectivity index (χ2v) is 4.41. The lowest BCUT2D eigenvalue weighted by Crippen LogP contribution is -2.00. The third kappa shape index (κ3) is 1.77. The largest absolute Gasteiger partial charge is 0.493 e. The van der Waals surface area contributed by atoms with Gasteiger partial charge in [0, 0.05) is 24.1 Å². The van der Waals surface area contributed by atoms with E-state index in [-0.39, 0.29) is 5.82 Å². The second-order valence-electron chi connectivity index (χ2n) is 4.41. The van der Waals surface area contributed by atoms with E-state index in [4.69, 9.17) is 10.5 Å². The van der Waals surface area contributed by atoms with Crippen LogP contribution < -0.4 is 10.5 Å². The van der Waals surface area contributed by atoms with E-state index in [1.165, 1.54) is 6.07 Å². The van der Waals surface area contributed by atoms with E-state index in [9.17, 15) is 4.39 Å². The molecular formula is C15H14FNO. The lowest BCUT2D eigenvalue weighted by molar-refractivity contribution is 0.353. The zero-order valence-electron chi connectivity index (χ0n) is 9.95. The molecule has 1 aliphatic heterocycles. The first-order chi connectivity index (χ1) is 8.79. The van der Waals surface area contributed by atoms with Crippen molar-refractivity contribution in [3.8, 4) is 16.9 Å². The fourth-order valence-corrected chi connectivity index (χ4v) is 2.39. The maximum Gasteiger partial charge on any atom is 0.131 e. The summed E-state index contributed by atoms with van der Waals surface area (Å²) in [5.41, 5.74) is 9.29. The molecule has 3 rings (SSSR count). The molecule has 0 radical (unpaired) electrons. The molecule has 1 heterocycles. The first-order valence-electron chi connectivity index (χ1n) is 6.03. The van der Waals surface area contributed by atoms with E-state index in [0.717, 1.165) is 28.9 Å². The Bertz CT molecular complexity index is 595. The minimum Gasteiger partial charge on any atom is -0.493 e. The molecule has 1 aliphatic rings. The SMILES string of the molecule is NCc1cc(-c2ccccc2F)cc2c1OCC2. The molecule has 3 heteroatoms. The van der Waals surface area contributed by atoms with Gasteiger partial charge in [0.1, 0.15) is 11.6 Å². The van der Waals surface area contributed by atoms with Crippen LogP contribution in [0.15, 0.2) is 36.4 Å². The third-order valence-electron chi connectivity index (χ3n) is 3.27. The molecular weight excluding hydrogens is 229 g/mol. The molecule has 0 atom stereocenters. The third-order valence-corrected chi connectivity index (χ3v) is 3.27. The zero-order valence-corrected chi connectivity index (χ0v) is 9.95. The summed E-state index contributed by atoms with van der Waals surface area (Å²) in [6, 6.07) is 10.7. The maximum absolute atomic E-state index is 13.8. The number of fused-ring (bicyclic) bond motifs is 1. The molecule has 0 saturated heterocycles. The van der Waals surface area contributed by atoms with E-state index < -0.39 is 0 Å². The van der Waals surface area contributed by atoms with Gasteiger partial charge >= 0.3 is 0 Å². The van der Waals surface area contributed by atoms with Crippen molar-refractivity contribution in [2.45, 2.75) is 13.0 Å². The van der Waals surface area contributed by atoms with Gasteiger partial charge in [-0.3, -0.25) is 0 Å². The summed E-state index contributed by atoms with van der Waals surface area (Å²) < 4.78 is 19.4. The summed E-state index contributed by atoms with van der Waals surface area (Å²) in [6.45, 7) is 1.09. The minimum absolute atomic E-state index is 0.209. The van der Waals surface area contributed by atoms with Crippen LogP contribution in [0.4, 0.5) is 4.39 Å². The minimum atomic E-state index is -0.209. The highest BCUT2D eigenvalue weighted by Crippen LogP contribution is 2.35. The van der Waals surface area contributed by atoms with Crippen molar-refractivity contribution in [1.82, 2.24) is 0 Å². The lowest BCUT2D eigenvalue weighted by atomic mass is 9.98. The Morgan fingerprint density at radius 2 is 2.06 bits per heavy atom. The van der Waals surface area contributed by atoms with Crippen LogP contribution in [0.3, 0.4) is 0 Å². The fourth-order valence-electron chi connectivity index (χ4n) is 2.39. The smallest absolute Gasteiger partial charge is 0.131 e. The highest BCUT2D eigenvalue weighted by atomic mass is 19.1. The van der Waals surface area contributed by atoms with Crippen molar-refractivity contribution < 1.29 is 9.13 Å². The molecule has 2 aromatic carbocycles. The number of hydrogen-bond donors (Lipinski definition) is 1. The monoisotopic (exact) mass is 243 g/mol. The van der Waals surface area contributed by atoms with Crippen LogP contribution in [0.1, 0.15) is 11.1 Å². The van der Waals surface area contributed by atoms with Gasteiger partial charge in [0.05, 0.1) is 6.61 Å². The molecule has 18 heavy (non-hydrogen) atoms. The predicted molar refractivity (Wildman–Crippen MR) is 68.9 cm³/mol. The first-order valence-corrected chi connectivity index (χ1v) is 6.03. The van der Waals surface area contributed by atoms with E-state index in [1.54, 1.807) is 12.1 Å². The number of hydrogen-bond acceptors (Lipinski definition) is 2. The fraction of sp³-hybridized carbons (Fsp3) is 0.200. The summed E-state index contributed by atoms with van der Waals surface area (Å²) in [4.78, 5) is 0. The number of nitrogens with two attached hydrogens (primary N) is 1. The molecule has 2 nitrogen and oxygen atoms in total. The number of ether oxygens (including phenoxy) is 1. The van der Waals surface area contributed by atoms with Crippen LogP contribution in [0, 0.1) is 5.82 Å². The van der Waals surface area contributed by atoms with Gasteiger partial charge in [-0.05, 0) is 29.3 Å². The number of rotatable bonds is 2. The van der Waals surface area contributed by atoms with E-state index >= 15 is 0 Å². The molecule has 0 bridgehead atoms. The average molecular weight is 243 g/mol. The van der Waals surface area contributed by atoms with Crippen molar-refractivity contribution in [2.75, 3.05) is 6.61 Å². The molecule has 0 unspecified atom stereocenters. The Labute approximate surface area is 105 Å². The van der Waals surface area contributed by atoms with Crippen molar-refractivity contribution in [3.63, 3.8) is 0 Å². The van der Waals surface area contributed by atoms with Crippen molar-refractivity contribution in [3.05, 3.63) is 53.3 Å². The van der Waals surface area contributed by atoms with Crippen LogP contribution in [0.2, 0.25) is 0 Å². The Morgan fingerprint density at radius 3 is 2.83 bits per heavy atom. The Hall–Kier alpha value is -1.87. The molecule has 0 aromatic heterocycles. The van der Waals surface area contributed by atoms with Crippen molar-refractivity contribution >= 4 is 0 Å². The summed E-state index contributed by atoms with van der Waals surface area (Å²) in [5.74, 6) is 0.678. The van der Waals surface area contributed by atoms with Crippen LogP contribution in [0.25, 0.3) is 11.1 Å². The summed E-state index contributed by atoms with van der Waals surface area (Å²) in [5, 5.41) is 0. The number of halogens is 1. The standard InChI is InChI=1S/C15H14FNO/c16-14-4-2-1-3-13(14)11-7-10-5-6-18-15(10)12(8-11)9-17/h1-4,7-8H,5-6,9,17H2. The van der Waals surface area contributed by atoms with E-state index in [1.807, 2.05) is 18.2 Å². The van der Waals surface area contributed by atoms with Gasteiger partial charge in [-0.15, -0.1) is 0 Å². The Balaban J connectivity index is 2.17. The molecule has 0 amide bonds. The summed E-state index contributed by atoms with van der Waals surface area (Å²) >= 11 is 0. The maximum atomic E-state index is 13.8. The second kappa shape index (κ2) is 4.42. The normalized spacial score (nSPS) is 13.2. The molecule has 0 spiro atoms. The molecule has 0 saturated carbocycles. The predicted octanol–water partition coefficient (Wildman–Crippen LogP) is 2.89. The molecule has 92 valence electrons. The van der Waals surface area contributed by atoms with Gasteiger partial charge in [-0.1, -0.05) is 18.2 Å². The quantitative estimate of drug-likeness (QED) is 0.880. The van der Waals surface area contributed by atoms with Gasteiger partial charge in [-0.2, -0.15) is 0 Å². The van der Waals surface area contributed by atoms with Gasteiger partial charge in [0.15, 0.2) is 0 Å². The van der Waals surface area contributed by atoms with Crippen LogP contribution in [-0.4, -0.2) is 6.61 Å². The Kier molecular flexibility index (Phi) is 2.76. The molecule has 2 aromatic rings. The highest BCUT2D eigenvalue weighted by molar-refractivity contribution is 5.68. The summed E-state index contributed by atoms with van der Waals surface area (Å²) in [6.07, 6.45) is 0.866. The van der Waals surface area contributed by atoms with Crippen molar-refractivity contribution in [2.24, 2.45) is 5.73 Å². The van der Waals surface area contributed by atoms with E-state index in [0.29, 0.717) is 18.7 Å². The molecule has 2 N–H and O–H groups in total. The zero-order chi connectivity index (χ0) is 12.5. The van der Waals surface area contributed by atoms with Gasteiger partial charge < -0.3 is 10.5 Å². The first kappa shape index (κ1) is 11.2. The van der Waals surface area contributed by atoms with Crippen LogP contribution in [-0.2, 0) is 13.0 Å². The number of benzene rings is 2. The molecule has 0 aliphatic carbocycles. The summed E-state index contributed by atoms with van der Waals surface area (Å²) in [7, 11) is 0. The lowest BCUT2D eigenvalue weighted by Gasteiger charge is -2.10. The van der Waals surface area contributed by atoms with Crippen LogP contribution in [0.5, 0.6) is 5.75 Å². The van der Waals surface area contributed by atoms with Gasteiger partial charge in [-0.25, -0.2) is 4.39 Å². The van der Waals surface area contributed by atoms with Crippen molar-refractivity contribution in [1.29, 1.82) is 0 Å². The van der Waals surface area contributed by atoms with Gasteiger partial charge in [0.25, 0.3) is 0 Å². The topological polar surface area (TPSA) is 35.2 Å². The van der Waals surface area contributed by atoms with Gasteiger partial charge in [0.2, 0.25) is 0 Å². The van der Waals surface area contributed by atoms with E-state index in [2.05, 4.69) is 0 Å². The highest BCUT2D eigenvalue weighted by Gasteiger charge is 2.18. The average Bonchev–Trinajstić information content (AvgIpc) is 2.86. The van der Waals surface area contributed by atoms with Crippen LogP contribution >= 0.6 is 0 Å². The molecule has 0 fully saturated rings.